The summed E-state index contributed by atoms with van der Waals surface area (Å²) in [6, 6.07) is 12.8. The lowest BCUT2D eigenvalue weighted by Gasteiger charge is -2.20. The van der Waals surface area contributed by atoms with Gasteiger partial charge in [0.05, 0.1) is 19.3 Å². The number of alkyl halides is 1. The molecule has 0 saturated heterocycles. The number of amides is 1. The van der Waals surface area contributed by atoms with Crippen LogP contribution in [0.1, 0.15) is 16.6 Å². The summed E-state index contributed by atoms with van der Waals surface area (Å²) in [4.78, 5) is 18.1. The topological polar surface area (TPSA) is 42.4 Å². The minimum atomic E-state index is -0.718. The Bertz CT molecular complexity index is 587. The van der Waals surface area contributed by atoms with Gasteiger partial charge in [0.15, 0.2) is 0 Å². The van der Waals surface area contributed by atoms with Gasteiger partial charge in [0.25, 0.3) is 0 Å². The highest BCUT2D eigenvalue weighted by Gasteiger charge is 2.21. The first-order valence-electron chi connectivity index (χ1n) is 6.54. The minimum absolute atomic E-state index is 0.160. The average molecular weight is 305 g/mol. The normalized spacial score (nSPS) is 11.8. The number of carbonyl (C=O) groups is 1. The zero-order chi connectivity index (χ0) is 15.2. The molecule has 2 rings (SSSR count). The van der Waals surface area contributed by atoms with Crippen molar-refractivity contribution >= 4 is 17.5 Å². The summed E-state index contributed by atoms with van der Waals surface area (Å²) < 4.78 is 5.09. The van der Waals surface area contributed by atoms with Crippen LogP contribution in [0.2, 0.25) is 0 Å². The lowest BCUT2D eigenvalue weighted by Crippen LogP contribution is -2.29. The van der Waals surface area contributed by atoms with Crippen LogP contribution in [-0.2, 0) is 11.3 Å². The molecule has 1 aromatic heterocycles. The second kappa shape index (κ2) is 7.09. The molecule has 0 aliphatic rings. The molecular formula is C16H17ClN2O2. The number of methoxy groups -OCH3 is 1. The fourth-order valence-electron chi connectivity index (χ4n) is 1.92. The quantitative estimate of drug-likeness (QED) is 0.797. The number of hydrogen-bond acceptors (Lipinski definition) is 3. The third-order valence-electron chi connectivity index (χ3n) is 3.13. The molecule has 2 aromatic rings. The Balaban J connectivity index is 2.03. The third-order valence-corrected chi connectivity index (χ3v) is 3.57. The molecule has 0 fully saturated rings. The zero-order valence-electron chi connectivity index (χ0n) is 12.0. The smallest absolute Gasteiger partial charge is 0.245 e. The SMILES string of the molecule is COc1ccc(C(Cl)C(=O)N(C)Cc2ccccn2)cc1. The van der Waals surface area contributed by atoms with Gasteiger partial charge in [0.2, 0.25) is 5.91 Å². The van der Waals surface area contributed by atoms with Gasteiger partial charge in [0, 0.05) is 13.2 Å². The van der Waals surface area contributed by atoms with Gasteiger partial charge in [-0.1, -0.05) is 18.2 Å². The molecular weight excluding hydrogens is 288 g/mol. The Hall–Kier alpha value is -2.07. The van der Waals surface area contributed by atoms with Crippen molar-refractivity contribution in [2.75, 3.05) is 14.2 Å². The van der Waals surface area contributed by atoms with E-state index in [0.29, 0.717) is 6.54 Å². The Morgan fingerprint density at radius 3 is 2.57 bits per heavy atom. The van der Waals surface area contributed by atoms with Crippen LogP contribution in [0.4, 0.5) is 0 Å². The molecule has 1 aromatic carbocycles. The summed E-state index contributed by atoms with van der Waals surface area (Å²) in [7, 11) is 3.31. The van der Waals surface area contributed by atoms with E-state index in [9.17, 15) is 4.79 Å². The molecule has 110 valence electrons. The van der Waals surface area contributed by atoms with E-state index in [2.05, 4.69) is 4.98 Å². The number of nitrogens with zero attached hydrogens (tertiary/aromatic N) is 2. The zero-order valence-corrected chi connectivity index (χ0v) is 12.7. The molecule has 0 spiro atoms. The maximum absolute atomic E-state index is 12.3. The summed E-state index contributed by atoms with van der Waals surface area (Å²) >= 11 is 6.26. The molecule has 1 unspecified atom stereocenters. The van der Waals surface area contributed by atoms with E-state index in [1.807, 2.05) is 18.2 Å². The van der Waals surface area contributed by atoms with E-state index in [1.165, 1.54) is 0 Å². The minimum Gasteiger partial charge on any atom is -0.497 e. The number of likely N-dealkylation sites (N-methyl/N-ethyl adjacent to an activating group) is 1. The molecule has 0 bridgehead atoms. The summed E-state index contributed by atoms with van der Waals surface area (Å²) in [6.07, 6.45) is 1.70. The molecule has 0 aliphatic heterocycles. The van der Waals surface area contributed by atoms with Gasteiger partial charge in [-0.05, 0) is 29.8 Å². The number of aromatic nitrogens is 1. The summed E-state index contributed by atoms with van der Waals surface area (Å²) in [5.74, 6) is 0.574. The van der Waals surface area contributed by atoms with Crippen LogP contribution in [0.5, 0.6) is 5.75 Å². The summed E-state index contributed by atoms with van der Waals surface area (Å²) in [5, 5.41) is -0.718. The summed E-state index contributed by atoms with van der Waals surface area (Å²) in [5.41, 5.74) is 1.57. The highest BCUT2D eigenvalue weighted by molar-refractivity contribution is 6.30. The molecule has 1 heterocycles. The second-order valence-electron chi connectivity index (χ2n) is 4.65. The van der Waals surface area contributed by atoms with Crippen molar-refractivity contribution < 1.29 is 9.53 Å². The van der Waals surface area contributed by atoms with Crippen molar-refractivity contribution in [2.45, 2.75) is 11.9 Å². The number of rotatable bonds is 5. The van der Waals surface area contributed by atoms with Crippen LogP contribution >= 0.6 is 11.6 Å². The van der Waals surface area contributed by atoms with Crippen molar-refractivity contribution in [1.29, 1.82) is 0 Å². The first kappa shape index (κ1) is 15.3. The van der Waals surface area contributed by atoms with Crippen LogP contribution in [0.15, 0.2) is 48.7 Å². The van der Waals surface area contributed by atoms with Crippen LogP contribution in [-0.4, -0.2) is 29.9 Å². The first-order valence-corrected chi connectivity index (χ1v) is 6.98. The summed E-state index contributed by atoms with van der Waals surface area (Å²) in [6.45, 7) is 0.430. The van der Waals surface area contributed by atoms with Gasteiger partial charge in [0.1, 0.15) is 11.1 Å². The number of halogens is 1. The highest BCUT2D eigenvalue weighted by Crippen LogP contribution is 2.25. The third kappa shape index (κ3) is 3.95. The maximum Gasteiger partial charge on any atom is 0.245 e. The number of benzene rings is 1. The van der Waals surface area contributed by atoms with Crippen molar-refractivity contribution in [3.63, 3.8) is 0 Å². The fourth-order valence-corrected chi connectivity index (χ4v) is 2.23. The first-order chi connectivity index (χ1) is 10.1. The van der Waals surface area contributed by atoms with E-state index in [-0.39, 0.29) is 5.91 Å². The molecule has 0 N–H and O–H groups in total. The molecule has 5 heteroatoms. The highest BCUT2D eigenvalue weighted by atomic mass is 35.5. The van der Waals surface area contributed by atoms with Gasteiger partial charge >= 0.3 is 0 Å². The molecule has 1 atom stereocenters. The standard InChI is InChI=1S/C16H17ClN2O2/c1-19(11-13-5-3-4-10-18-13)16(20)15(17)12-6-8-14(21-2)9-7-12/h3-10,15H,11H2,1-2H3. The van der Waals surface area contributed by atoms with Gasteiger partial charge in [-0.15, -0.1) is 11.6 Å². The maximum atomic E-state index is 12.3. The van der Waals surface area contributed by atoms with Crippen molar-refractivity contribution in [1.82, 2.24) is 9.88 Å². The van der Waals surface area contributed by atoms with Crippen molar-refractivity contribution in [3.05, 3.63) is 59.9 Å². The van der Waals surface area contributed by atoms with Gasteiger partial charge in [-0.2, -0.15) is 0 Å². The van der Waals surface area contributed by atoms with E-state index in [1.54, 1.807) is 49.5 Å². The number of hydrogen-bond donors (Lipinski definition) is 0. The largest absolute Gasteiger partial charge is 0.497 e. The Labute approximate surface area is 129 Å². The molecule has 0 aliphatic carbocycles. The fraction of sp³-hybridized carbons (Fsp3) is 0.250. The Kier molecular flexibility index (Phi) is 5.17. The average Bonchev–Trinajstić information content (AvgIpc) is 2.54. The van der Waals surface area contributed by atoms with Crippen LogP contribution in [0.3, 0.4) is 0 Å². The van der Waals surface area contributed by atoms with E-state index < -0.39 is 5.38 Å². The van der Waals surface area contributed by atoms with E-state index in [0.717, 1.165) is 17.0 Å². The predicted octanol–water partition coefficient (Wildman–Crippen LogP) is 3.03. The molecule has 0 saturated carbocycles. The van der Waals surface area contributed by atoms with Gasteiger partial charge in [-0.3, -0.25) is 9.78 Å². The molecule has 4 nitrogen and oxygen atoms in total. The van der Waals surface area contributed by atoms with Crippen molar-refractivity contribution in [2.24, 2.45) is 0 Å². The van der Waals surface area contributed by atoms with E-state index >= 15 is 0 Å². The van der Waals surface area contributed by atoms with Crippen molar-refractivity contribution in [3.8, 4) is 5.75 Å². The van der Waals surface area contributed by atoms with Crippen LogP contribution in [0.25, 0.3) is 0 Å². The van der Waals surface area contributed by atoms with Crippen LogP contribution < -0.4 is 4.74 Å². The Morgan fingerprint density at radius 1 is 1.29 bits per heavy atom. The van der Waals surface area contributed by atoms with E-state index in [4.69, 9.17) is 16.3 Å². The monoisotopic (exact) mass is 304 g/mol. The predicted molar refractivity (Wildman–Crippen MR) is 82.3 cm³/mol. The molecule has 0 radical (unpaired) electrons. The van der Waals surface area contributed by atoms with Crippen LogP contribution in [0, 0.1) is 0 Å². The lowest BCUT2D eigenvalue weighted by molar-refractivity contribution is -0.130. The number of carbonyl (C=O) groups excluding carboxylic acids is 1. The molecule has 1 amide bonds. The molecule has 21 heavy (non-hydrogen) atoms. The van der Waals surface area contributed by atoms with Gasteiger partial charge < -0.3 is 9.64 Å². The Morgan fingerprint density at radius 2 is 2.00 bits per heavy atom. The number of pyridine rings is 1. The number of ether oxygens (including phenoxy) is 1. The second-order valence-corrected chi connectivity index (χ2v) is 5.09. The lowest BCUT2D eigenvalue weighted by atomic mass is 10.1. The van der Waals surface area contributed by atoms with Gasteiger partial charge in [-0.25, -0.2) is 0 Å².